The molecule has 8 heteroatoms. The molecule has 0 spiro atoms. The maximum atomic E-state index is 12.1. The Labute approximate surface area is 167 Å². The zero-order valence-corrected chi connectivity index (χ0v) is 16.4. The Morgan fingerprint density at radius 2 is 2.00 bits per heavy atom. The van der Waals surface area contributed by atoms with E-state index in [1.54, 1.807) is 10.9 Å². The molecule has 0 saturated heterocycles. The highest BCUT2D eigenvalue weighted by atomic mass is 35.5. The number of nitrogens with two attached hydrogens (primary N) is 1. The van der Waals surface area contributed by atoms with Gasteiger partial charge in [-0.3, -0.25) is 9.36 Å². The molecule has 3 aromatic rings. The van der Waals surface area contributed by atoms with E-state index >= 15 is 0 Å². The lowest BCUT2D eigenvalue weighted by Crippen LogP contribution is -2.22. The number of imidazole rings is 1. The van der Waals surface area contributed by atoms with Crippen molar-refractivity contribution < 1.29 is 9.53 Å². The van der Waals surface area contributed by atoms with Crippen LogP contribution in [-0.2, 0) is 11.8 Å². The minimum atomic E-state index is -0.624. The minimum Gasteiger partial charge on any atom is -0.478 e. The molecule has 28 heavy (non-hydrogen) atoms. The second-order valence-electron chi connectivity index (χ2n) is 7.10. The minimum absolute atomic E-state index is 0.0832. The molecule has 0 radical (unpaired) electrons. The van der Waals surface area contributed by atoms with Gasteiger partial charge in [0.05, 0.1) is 18.5 Å². The molecule has 2 N–H and O–H groups in total. The molecule has 0 bridgehead atoms. The average molecular weight is 398 g/mol. The van der Waals surface area contributed by atoms with Crippen molar-refractivity contribution in [2.24, 2.45) is 5.73 Å². The SMILES string of the molecule is COc1nc(C(N)=O)c(CC2(c3ccc(Cl)cc3)CC2)nc1-n1cnc(C)c1. The van der Waals surface area contributed by atoms with Crippen molar-refractivity contribution in [1.29, 1.82) is 0 Å². The molecule has 7 nitrogen and oxygen atoms in total. The van der Waals surface area contributed by atoms with Gasteiger partial charge in [0.2, 0.25) is 5.82 Å². The first-order valence-electron chi connectivity index (χ1n) is 8.93. The highest BCUT2D eigenvalue weighted by Crippen LogP contribution is 2.51. The predicted molar refractivity (Wildman–Crippen MR) is 105 cm³/mol. The normalized spacial score (nSPS) is 14.7. The number of aromatic nitrogens is 4. The van der Waals surface area contributed by atoms with Crippen molar-refractivity contribution in [1.82, 2.24) is 19.5 Å². The summed E-state index contributed by atoms with van der Waals surface area (Å²) in [4.78, 5) is 25.4. The smallest absolute Gasteiger partial charge is 0.269 e. The van der Waals surface area contributed by atoms with Gasteiger partial charge >= 0.3 is 0 Å². The summed E-state index contributed by atoms with van der Waals surface area (Å²) in [5.74, 6) is 0.0855. The van der Waals surface area contributed by atoms with Gasteiger partial charge in [0.1, 0.15) is 6.33 Å². The van der Waals surface area contributed by atoms with E-state index in [0.717, 1.165) is 18.5 Å². The van der Waals surface area contributed by atoms with Crippen LogP contribution in [-0.4, -0.2) is 32.5 Å². The van der Waals surface area contributed by atoms with Crippen LogP contribution in [0, 0.1) is 6.92 Å². The third-order valence-corrected chi connectivity index (χ3v) is 5.37. The molecule has 0 atom stereocenters. The highest BCUT2D eigenvalue weighted by molar-refractivity contribution is 6.30. The number of halogens is 1. The number of hydrogen-bond donors (Lipinski definition) is 1. The highest BCUT2D eigenvalue weighted by Gasteiger charge is 2.45. The third kappa shape index (κ3) is 3.33. The van der Waals surface area contributed by atoms with E-state index in [0.29, 0.717) is 23.0 Å². The Kier molecular flexibility index (Phi) is 4.55. The summed E-state index contributed by atoms with van der Waals surface area (Å²) < 4.78 is 7.09. The fourth-order valence-corrected chi connectivity index (χ4v) is 3.58. The molecule has 1 aromatic carbocycles. The topological polar surface area (TPSA) is 95.9 Å². The molecule has 0 aliphatic heterocycles. The van der Waals surface area contributed by atoms with Gasteiger partial charge in [0.15, 0.2) is 5.69 Å². The molecule has 4 rings (SSSR count). The van der Waals surface area contributed by atoms with Crippen molar-refractivity contribution in [3.05, 3.63) is 64.5 Å². The fraction of sp³-hybridized carbons (Fsp3) is 0.300. The summed E-state index contributed by atoms with van der Waals surface area (Å²) in [5, 5.41) is 0.694. The lowest BCUT2D eigenvalue weighted by molar-refractivity contribution is 0.0993. The summed E-state index contributed by atoms with van der Waals surface area (Å²) in [6.07, 6.45) is 6.03. The van der Waals surface area contributed by atoms with E-state index < -0.39 is 5.91 Å². The Bertz CT molecular complexity index is 1040. The molecular weight excluding hydrogens is 378 g/mol. The molecule has 144 valence electrons. The maximum absolute atomic E-state index is 12.1. The summed E-state index contributed by atoms with van der Waals surface area (Å²) >= 11 is 6.03. The first kappa shape index (κ1) is 18.4. The van der Waals surface area contributed by atoms with E-state index in [1.807, 2.05) is 37.4 Å². The largest absolute Gasteiger partial charge is 0.478 e. The second kappa shape index (κ2) is 6.91. The Balaban J connectivity index is 1.79. The molecule has 1 fully saturated rings. The summed E-state index contributed by atoms with van der Waals surface area (Å²) in [7, 11) is 1.48. The van der Waals surface area contributed by atoms with Crippen molar-refractivity contribution in [2.45, 2.75) is 31.6 Å². The number of methoxy groups -OCH3 is 1. The number of aryl methyl sites for hydroxylation is 1. The molecule has 0 unspecified atom stereocenters. The average Bonchev–Trinajstić information content (AvgIpc) is 3.33. The van der Waals surface area contributed by atoms with Gasteiger partial charge in [-0.05, 0) is 37.5 Å². The van der Waals surface area contributed by atoms with Gasteiger partial charge in [-0.2, -0.15) is 0 Å². The summed E-state index contributed by atoms with van der Waals surface area (Å²) in [6, 6.07) is 7.81. The predicted octanol–water partition coefficient (Wildman–Crippen LogP) is 3.01. The van der Waals surface area contributed by atoms with E-state index in [2.05, 4.69) is 9.97 Å². The lowest BCUT2D eigenvalue weighted by Gasteiger charge is -2.18. The Morgan fingerprint density at radius 3 is 2.54 bits per heavy atom. The van der Waals surface area contributed by atoms with Crippen LogP contribution in [0.5, 0.6) is 5.88 Å². The number of benzene rings is 1. The standard InChI is InChI=1S/C20H20ClN5O2/c1-12-10-26(11-23-12)18-19(28-2)25-16(17(22)27)15(24-18)9-20(7-8-20)13-3-5-14(21)6-4-13/h3-6,10-11H,7-9H2,1-2H3,(H2,22,27). The Hall–Kier alpha value is -2.93. The first-order chi connectivity index (χ1) is 13.4. The molecule has 1 amide bonds. The maximum Gasteiger partial charge on any atom is 0.269 e. The molecule has 2 heterocycles. The monoisotopic (exact) mass is 397 g/mol. The second-order valence-corrected chi connectivity index (χ2v) is 7.54. The number of rotatable bonds is 6. The number of carbonyl (C=O) groups is 1. The third-order valence-electron chi connectivity index (χ3n) is 5.12. The number of hydrogen-bond acceptors (Lipinski definition) is 5. The van der Waals surface area contributed by atoms with Gasteiger partial charge in [-0.1, -0.05) is 23.7 Å². The van der Waals surface area contributed by atoms with E-state index in [9.17, 15) is 4.79 Å². The zero-order valence-electron chi connectivity index (χ0n) is 15.6. The molecule has 1 aliphatic carbocycles. The first-order valence-corrected chi connectivity index (χ1v) is 9.31. The number of nitrogens with zero attached hydrogens (tertiary/aromatic N) is 4. The van der Waals surface area contributed by atoms with Crippen LogP contribution < -0.4 is 10.5 Å². The Morgan fingerprint density at radius 1 is 1.29 bits per heavy atom. The van der Waals surface area contributed by atoms with Crippen LogP contribution in [0.15, 0.2) is 36.8 Å². The van der Waals surface area contributed by atoms with Crippen molar-refractivity contribution in [3.63, 3.8) is 0 Å². The van der Waals surface area contributed by atoms with Crippen LogP contribution in [0.3, 0.4) is 0 Å². The van der Waals surface area contributed by atoms with E-state index in [4.69, 9.17) is 27.1 Å². The summed E-state index contributed by atoms with van der Waals surface area (Å²) in [5.41, 5.74) is 8.21. The molecule has 2 aromatic heterocycles. The van der Waals surface area contributed by atoms with Gasteiger partial charge in [-0.25, -0.2) is 15.0 Å². The zero-order chi connectivity index (χ0) is 19.9. The van der Waals surface area contributed by atoms with Crippen LogP contribution in [0.1, 0.15) is 40.3 Å². The number of amides is 1. The van der Waals surface area contributed by atoms with Gasteiger partial charge in [0, 0.05) is 23.1 Å². The number of primary amides is 1. The van der Waals surface area contributed by atoms with Crippen LogP contribution >= 0.6 is 11.6 Å². The van der Waals surface area contributed by atoms with Gasteiger partial charge in [0.25, 0.3) is 11.8 Å². The fourth-order valence-electron chi connectivity index (χ4n) is 3.45. The van der Waals surface area contributed by atoms with E-state index in [-0.39, 0.29) is 17.0 Å². The lowest BCUT2D eigenvalue weighted by atomic mass is 9.90. The van der Waals surface area contributed by atoms with Gasteiger partial charge < -0.3 is 10.5 Å². The number of ether oxygens (including phenoxy) is 1. The quantitative estimate of drug-likeness (QED) is 0.689. The summed E-state index contributed by atoms with van der Waals surface area (Å²) in [6.45, 7) is 1.88. The molecule has 1 aliphatic rings. The number of carbonyl (C=O) groups excluding carboxylic acids is 1. The van der Waals surface area contributed by atoms with Crippen LogP contribution in [0.25, 0.3) is 5.82 Å². The van der Waals surface area contributed by atoms with Crippen molar-refractivity contribution in [3.8, 4) is 11.7 Å². The molecule has 1 saturated carbocycles. The molecular formula is C20H20ClN5O2. The van der Waals surface area contributed by atoms with E-state index in [1.165, 1.54) is 12.7 Å². The van der Waals surface area contributed by atoms with Gasteiger partial charge in [-0.15, -0.1) is 0 Å². The van der Waals surface area contributed by atoms with Crippen molar-refractivity contribution >= 4 is 17.5 Å². The van der Waals surface area contributed by atoms with Crippen LogP contribution in [0.4, 0.5) is 0 Å². The van der Waals surface area contributed by atoms with Crippen molar-refractivity contribution in [2.75, 3.05) is 7.11 Å². The van der Waals surface area contributed by atoms with Crippen LogP contribution in [0.2, 0.25) is 5.02 Å².